The third-order valence-electron chi connectivity index (χ3n) is 8.89. The minimum atomic E-state index is 0.868. The highest BCUT2D eigenvalue weighted by atomic mass is 15.1. The zero-order valence-corrected chi connectivity index (χ0v) is 31.2. The van der Waals surface area contributed by atoms with Crippen molar-refractivity contribution in [3.05, 3.63) is 182 Å². The molecular formula is C49H48N4. The van der Waals surface area contributed by atoms with E-state index in [0.29, 0.717) is 0 Å². The summed E-state index contributed by atoms with van der Waals surface area (Å²) in [5, 5.41) is 3.63. The van der Waals surface area contributed by atoms with Crippen molar-refractivity contribution in [2.24, 2.45) is 0 Å². The topological polar surface area (TPSA) is 41.0 Å². The van der Waals surface area contributed by atoms with E-state index >= 15 is 0 Å². The fraction of sp³-hybridized carbons (Fsp3) is 0.143. The van der Waals surface area contributed by atoms with Crippen molar-refractivity contribution in [2.45, 2.75) is 47.0 Å². The van der Waals surface area contributed by atoms with E-state index in [1.54, 1.807) is 0 Å². The van der Waals surface area contributed by atoms with Gasteiger partial charge >= 0.3 is 0 Å². The number of hydrogen-bond acceptors (Lipinski definition) is 4. The molecular weight excluding hydrogens is 645 g/mol. The Balaban J connectivity index is 0.00000116. The van der Waals surface area contributed by atoms with Gasteiger partial charge in [0.1, 0.15) is 0 Å². The second kappa shape index (κ2) is 18.3. The molecule has 0 bridgehead atoms. The van der Waals surface area contributed by atoms with Crippen molar-refractivity contribution in [1.82, 2.24) is 9.97 Å². The highest BCUT2D eigenvalue weighted by Gasteiger charge is 2.17. The molecule has 6 aromatic carbocycles. The van der Waals surface area contributed by atoms with Gasteiger partial charge in [-0.15, -0.1) is 0 Å². The van der Waals surface area contributed by atoms with Crippen molar-refractivity contribution < 1.29 is 0 Å². The number of fused-ring (bicyclic) bond motifs is 1. The third kappa shape index (κ3) is 8.80. The van der Waals surface area contributed by atoms with Crippen LogP contribution in [0.25, 0.3) is 44.7 Å². The van der Waals surface area contributed by atoms with Crippen LogP contribution in [0.1, 0.15) is 47.0 Å². The summed E-state index contributed by atoms with van der Waals surface area (Å²) in [5.74, 6) is 0. The maximum absolute atomic E-state index is 5.13. The van der Waals surface area contributed by atoms with Crippen LogP contribution in [0.15, 0.2) is 182 Å². The van der Waals surface area contributed by atoms with Crippen molar-refractivity contribution in [3.8, 4) is 33.6 Å². The fourth-order valence-electron chi connectivity index (χ4n) is 6.42. The first-order chi connectivity index (χ1) is 26.3. The first-order valence-corrected chi connectivity index (χ1v) is 18.9. The molecule has 1 aliphatic rings. The van der Waals surface area contributed by atoms with Gasteiger partial charge in [-0.25, -0.2) is 9.97 Å². The highest BCUT2D eigenvalue weighted by Crippen LogP contribution is 2.39. The van der Waals surface area contributed by atoms with E-state index in [2.05, 4.69) is 144 Å². The number of allylic oxidation sites excluding steroid dienone is 3. The molecule has 1 heterocycles. The van der Waals surface area contributed by atoms with Gasteiger partial charge in [-0.1, -0.05) is 143 Å². The van der Waals surface area contributed by atoms with Gasteiger partial charge in [0.2, 0.25) is 0 Å². The molecule has 1 aromatic heterocycles. The number of nitrogens with one attached hydrogen (secondary N) is 1. The van der Waals surface area contributed by atoms with Gasteiger partial charge in [0.05, 0.1) is 22.4 Å². The Labute approximate surface area is 315 Å². The summed E-state index contributed by atoms with van der Waals surface area (Å²) in [6.07, 6.45) is 9.91. The quantitative estimate of drug-likeness (QED) is 0.161. The summed E-state index contributed by atoms with van der Waals surface area (Å²) < 4.78 is 0. The zero-order valence-electron chi connectivity index (χ0n) is 31.2. The molecule has 0 atom stereocenters. The van der Waals surface area contributed by atoms with Crippen LogP contribution in [0.4, 0.5) is 22.7 Å². The number of hydrogen-bond donors (Lipinski definition) is 1. The number of rotatable bonds is 8. The number of nitrogens with zero attached hydrogens (tertiary/aromatic N) is 3. The Morgan fingerprint density at radius 1 is 0.453 bits per heavy atom. The molecule has 1 N–H and O–H groups in total. The summed E-state index contributed by atoms with van der Waals surface area (Å²) in [7, 11) is 0. The van der Waals surface area contributed by atoms with Gasteiger partial charge in [-0.3, -0.25) is 0 Å². The molecule has 0 saturated heterocycles. The largest absolute Gasteiger partial charge is 0.359 e. The molecule has 0 amide bonds. The molecule has 0 saturated carbocycles. The Bertz CT molecular complexity index is 2260. The van der Waals surface area contributed by atoms with E-state index in [1.807, 2.05) is 70.2 Å². The lowest BCUT2D eigenvalue weighted by Gasteiger charge is -2.26. The van der Waals surface area contributed by atoms with E-state index in [-0.39, 0.29) is 0 Å². The first kappa shape index (κ1) is 36.5. The molecule has 4 nitrogen and oxygen atoms in total. The van der Waals surface area contributed by atoms with E-state index in [1.165, 1.54) is 16.8 Å². The van der Waals surface area contributed by atoms with Crippen molar-refractivity contribution >= 4 is 33.8 Å². The lowest BCUT2D eigenvalue weighted by atomic mass is 10.0. The van der Waals surface area contributed by atoms with E-state index in [9.17, 15) is 0 Å². The van der Waals surface area contributed by atoms with Gasteiger partial charge in [0.25, 0.3) is 0 Å². The molecule has 1 aliphatic carbocycles. The summed E-state index contributed by atoms with van der Waals surface area (Å²) >= 11 is 0. The molecule has 0 unspecified atom stereocenters. The van der Waals surface area contributed by atoms with Gasteiger partial charge in [0, 0.05) is 46.0 Å². The molecule has 0 fully saturated rings. The Hall–Kier alpha value is -6.26. The van der Waals surface area contributed by atoms with E-state index in [4.69, 9.17) is 9.97 Å². The monoisotopic (exact) mass is 692 g/mol. The minimum absolute atomic E-state index is 0.868. The molecule has 7 aromatic rings. The number of anilines is 4. The second-order valence-electron chi connectivity index (χ2n) is 12.2. The molecule has 0 radical (unpaired) electrons. The fourth-order valence-corrected chi connectivity index (χ4v) is 6.42. The molecule has 264 valence electrons. The standard InChI is InChI=1S/C45H36N4.2C2H6/c1-2-10-20-37(19-9-1)46-38-26-30-40(31-27-38)49(41-21-13-18-36(32-41)33-14-5-3-6-15-33)39-28-24-35(25-29-39)45-44(34-16-7-4-8-17-34)47-42-22-11-12-23-43(42)48-45;2*1-2/h1,3-9,11-18,20-32,46H,2,10,19H2;2*1-2H3. The summed E-state index contributed by atoms with van der Waals surface area (Å²) in [6, 6.07) is 55.1. The zero-order chi connectivity index (χ0) is 36.8. The number of para-hydroxylation sites is 2. The van der Waals surface area contributed by atoms with Crippen LogP contribution >= 0.6 is 0 Å². The van der Waals surface area contributed by atoms with Crippen LogP contribution in [0, 0.1) is 0 Å². The maximum Gasteiger partial charge on any atom is 0.0973 e. The van der Waals surface area contributed by atoms with Crippen molar-refractivity contribution in [1.29, 1.82) is 0 Å². The minimum Gasteiger partial charge on any atom is -0.359 e. The molecule has 0 spiro atoms. The van der Waals surface area contributed by atoms with Gasteiger partial charge < -0.3 is 10.2 Å². The van der Waals surface area contributed by atoms with Gasteiger partial charge in [0.15, 0.2) is 0 Å². The Morgan fingerprint density at radius 2 is 0.981 bits per heavy atom. The maximum atomic E-state index is 5.13. The molecule has 4 heteroatoms. The van der Waals surface area contributed by atoms with Crippen molar-refractivity contribution in [3.63, 3.8) is 0 Å². The average Bonchev–Trinajstić information content (AvgIpc) is 3.52. The first-order valence-electron chi connectivity index (χ1n) is 18.9. The molecule has 53 heavy (non-hydrogen) atoms. The summed E-state index contributed by atoms with van der Waals surface area (Å²) in [6.45, 7) is 8.00. The van der Waals surface area contributed by atoms with Crippen molar-refractivity contribution in [2.75, 3.05) is 10.2 Å². The normalized spacial score (nSPS) is 12.0. The van der Waals surface area contributed by atoms with Gasteiger partial charge in [-0.2, -0.15) is 0 Å². The predicted molar refractivity (Wildman–Crippen MR) is 228 cm³/mol. The predicted octanol–water partition coefficient (Wildman–Crippen LogP) is 14.2. The van der Waals surface area contributed by atoms with Crippen LogP contribution in [0.2, 0.25) is 0 Å². The highest BCUT2D eigenvalue weighted by molar-refractivity contribution is 5.87. The Kier molecular flexibility index (Phi) is 12.6. The number of aromatic nitrogens is 2. The smallest absolute Gasteiger partial charge is 0.0973 e. The van der Waals surface area contributed by atoms with Crippen LogP contribution in [-0.2, 0) is 0 Å². The van der Waals surface area contributed by atoms with Crippen LogP contribution < -0.4 is 10.2 Å². The molecule has 0 aliphatic heterocycles. The Morgan fingerprint density at radius 3 is 1.60 bits per heavy atom. The van der Waals surface area contributed by atoms with Crippen LogP contribution in [-0.4, -0.2) is 9.97 Å². The number of benzene rings is 6. The second-order valence-corrected chi connectivity index (χ2v) is 12.2. The van der Waals surface area contributed by atoms with Crippen LogP contribution in [0.3, 0.4) is 0 Å². The summed E-state index contributed by atoms with van der Waals surface area (Å²) in [4.78, 5) is 12.5. The van der Waals surface area contributed by atoms with E-state index in [0.717, 1.165) is 75.6 Å². The lowest BCUT2D eigenvalue weighted by molar-refractivity contribution is 1.05. The van der Waals surface area contributed by atoms with Gasteiger partial charge in [-0.05, 0) is 84.6 Å². The van der Waals surface area contributed by atoms with Crippen LogP contribution in [0.5, 0.6) is 0 Å². The SMILES string of the molecule is C1=CCC(Nc2ccc(N(c3ccc(-c4nc5ccccc5nc4-c4ccccc4)cc3)c3cccc(-c4ccccc4)c3)cc2)=CCC1.CC.CC. The average molecular weight is 693 g/mol. The lowest BCUT2D eigenvalue weighted by Crippen LogP contribution is -2.10. The summed E-state index contributed by atoms with van der Waals surface area (Å²) in [5.41, 5.74) is 13.5. The molecule has 8 rings (SSSR count). The third-order valence-corrected chi connectivity index (χ3v) is 8.89. The van der Waals surface area contributed by atoms with E-state index < -0.39 is 0 Å².